The van der Waals surface area contributed by atoms with Gasteiger partial charge in [0.15, 0.2) is 0 Å². The molecule has 2 atom stereocenters. The summed E-state index contributed by atoms with van der Waals surface area (Å²) < 4.78 is 2.04. The predicted molar refractivity (Wildman–Crippen MR) is 40.1 cm³/mol. The molecule has 0 aliphatic carbocycles. The van der Waals surface area contributed by atoms with Crippen LogP contribution in [0.15, 0.2) is 0 Å². The summed E-state index contributed by atoms with van der Waals surface area (Å²) in [5.41, 5.74) is 0. The number of hydrogen-bond acceptors (Lipinski definition) is 2. The normalized spacial score (nSPS) is 30.1. The fraction of sp³-hybridized carbons (Fsp3) is 0.833. The van der Waals surface area contributed by atoms with Crippen molar-refractivity contribution in [3.05, 3.63) is 0 Å². The van der Waals surface area contributed by atoms with Crippen molar-refractivity contribution in [3.63, 3.8) is 0 Å². The first kappa shape index (κ1) is 7.17. The van der Waals surface area contributed by atoms with E-state index in [1.807, 2.05) is 4.67 Å². The molecule has 0 spiro atoms. The highest BCUT2D eigenvalue weighted by atomic mass is 31.0. The van der Waals surface area contributed by atoms with Crippen LogP contribution in [0.4, 0.5) is 0 Å². The molecule has 0 amide bonds. The van der Waals surface area contributed by atoms with Crippen LogP contribution in [0.5, 0.6) is 0 Å². The Morgan fingerprint density at radius 2 is 2.33 bits per heavy atom. The fourth-order valence-corrected chi connectivity index (χ4v) is 1.53. The standard InChI is InChI=1S/C6H12NOP/c8-5-6-3-1-2-4-7(6)9/h5-6H,1-4,9H2. The molecule has 1 heterocycles. The van der Waals surface area contributed by atoms with E-state index in [9.17, 15) is 4.79 Å². The Balaban J connectivity index is 2.38. The van der Waals surface area contributed by atoms with Gasteiger partial charge in [-0.05, 0) is 12.8 Å². The van der Waals surface area contributed by atoms with Crippen LogP contribution in [0.2, 0.25) is 0 Å². The predicted octanol–water partition coefficient (Wildman–Crippen LogP) is 0.830. The van der Waals surface area contributed by atoms with E-state index in [1.54, 1.807) is 0 Å². The lowest BCUT2D eigenvalue weighted by molar-refractivity contribution is -0.111. The van der Waals surface area contributed by atoms with Gasteiger partial charge in [0, 0.05) is 6.54 Å². The molecule has 1 aliphatic heterocycles. The lowest BCUT2D eigenvalue weighted by atomic mass is 10.1. The summed E-state index contributed by atoms with van der Waals surface area (Å²) >= 11 is 0. The van der Waals surface area contributed by atoms with E-state index < -0.39 is 0 Å². The maximum atomic E-state index is 10.3. The monoisotopic (exact) mass is 145 g/mol. The van der Waals surface area contributed by atoms with Crippen LogP contribution in [0.3, 0.4) is 0 Å². The second kappa shape index (κ2) is 3.28. The van der Waals surface area contributed by atoms with Crippen LogP contribution in [-0.2, 0) is 4.79 Å². The van der Waals surface area contributed by atoms with Crippen molar-refractivity contribution in [1.82, 2.24) is 4.67 Å². The lowest BCUT2D eigenvalue weighted by Crippen LogP contribution is -2.32. The molecule has 2 unspecified atom stereocenters. The number of carbonyl (C=O) groups excluding carboxylic acids is 1. The van der Waals surface area contributed by atoms with Gasteiger partial charge in [-0.3, -0.25) is 4.67 Å². The zero-order chi connectivity index (χ0) is 6.69. The van der Waals surface area contributed by atoms with Gasteiger partial charge in [-0.25, -0.2) is 0 Å². The Kier molecular flexibility index (Phi) is 2.62. The molecule has 1 aliphatic rings. The zero-order valence-corrected chi connectivity index (χ0v) is 6.57. The van der Waals surface area contributed by atoms with Crippen molar-refractivity contribution in [2.24, 2.45) is 0 Å². The Labute approximate surface area is 57.9 Å². The minimum absolute atomic E-state index is 0.170. The quantitative estimate of drug-likeness (QED) is 0.402. The van der Waals surface area contributed by atoms with E-state index >= 15 is 0 Å². The van der Waals surface area contributed by atoms with Crippen LogP contribution in [0.1, 0.15) is 19.3 Å². The summed E-state index contributed by atoms with van der Waals surface area (Å²) in [7, 11) is 2.59. The Hall–Kier alpha value is 0.0600. The van der Waals surface area contributed by atoms with Crippen molar-refractivity contribution < 1.29 is 4.79 Å². The number of carbonyl (C=O) groups is 1. The maximum absolute atomic E-state index is 10.3. The lowest BCUT2D eigenvalue weighted by Gasteiger charge is -2.27. The van der Waals surface area contributed by atoms with E-state index in [0.29, 0.717) is 0 Å². The smallest absolute Gasteiger partial charge is 0.137 e. The summed E-state index contributed by atoms with van der Waals surface area (Å²) in [6, 6.07) is 0.170. The van der Waals surface area contributed by atoms with E-state index in [4.69, 9.17) is 0 Å². The second-order valence-electron chi connectivity index (χ2n) is 2.44. The van der Waals surface area contributed by atoms with Gasteiger partial charge < -0.3 is 4.79 Å². The molecule has 9 heavy (non-hydrogen) atoms. The molecule has 0 radical (unpaired) electrons. The van der Waals surface area contributed by atoms with E-state index in [-0.39, 0.29) is 6.04 Å². The van der Waals surface area contributed by atoms with Gasteiger partial charge in [0.05, 0.1) is 6.04 Å². The second-order valence-corrected chi connectivity index (χ2v) is 3.10. The molecule has 1 saturated heterocycles. The average molecular weight is 145 g/mol. The summed E-state index contributed by atoms with van der Waals surface area (Å²) in [6.07, 6.45) is 4.50. The van der Waals surface area contributed by atoms with Crippen molar-refractivity contribution >= 4 is 15.7 Å². The maximum Gasteiger partial charge on any atom is 0.137 e. The highest BCUT2D eigenvalue weighted by Gasteiger charge is 2.16. The molecule has 0 aromatic heterocycles. The van der Waals surface area contributed by atoms with Crippen molar-refractivity contribution in [2.75, 3.05) is 6.54 Å². The minimum atomic E-state index is 0.170. The average Bonchev–Trinajstić information content (AvgIpc) is 1.89. The fourth-order valence-electron chi connectivity index (χ4n) is 1.13. The summed E-state index contributed by atoms with van der Waals surface area (Å²) in [4.78, 5) is 10.3. The van der Waals surface area contributed by atoms with E-state index in [1.165, 1.54) is 12.8 Å². The molecule has 0 aromatic carbocycles. The Morgan fingerprint density at radius 1 is 1.56 bits per heavy atom. The number of rotatable bonds is 1. The minimum Gasteiger partial charge on any atom is -0.302 e. The molecular formula is C6H12NOP. The van der Waals surface area contributed by atoms with Crippen LogP contribution in [0, 0.1) is 0 Å². The van der Waals surface area contributed by atoms with Gasteiger partial charge in [0.25, 0.3) is 0 Å². The first-order valence-electron chi connectivity index (χ1n) is 3.31. The number of nitrogens with zero attached hydrogens (tertiary/aromatic N) is 1. The number of piperidine rings is 1. The third kappa shape index (κ3) is 1.74. The molecule has 0 aromatic rings. The third-order valence-corrected chi connectivity index (χ3v) is 2.39. The van der Waals surface area contributed by atoms with Crippen molar-refractivity contribution in [1.29, 1.82) is 0 Å². The van der Waals surface area contributed by atoms with Crippen LogP contribution in [0.25, 0.3) is 0 Å². The topological polar surface area (TPSA) is 20.3 Å². The summed E-state index contributed by atoms with van der Waals surface area (Å²) in [6.45, 7) is 1.05. The number of aldehydes is 1. The van der Waals surface area contributed by atoms with Crippen LogP contribution < -0.4 is 0 Å². The van der Waals surface area contributed by atoms with Gasteiger partial charge in [0.1, 0.15) is 6.29 Å². The molecule has 1 rings (SSSR count). The molecule has 0 bridgehead atoms. The van der Waals surface area contributed by atoms with E-state index in [0.717, 1.165) is 19.3 Å². The molecule has 3 heteroatoms. The highest BCUT2D eigenvalue weighted by Crippen LogP contribution is 2.18. The number of hydrogen-bond donors (Lipinski definition) is 0. The van der Waals surface area contributed by atoms with Gasteiger partial charge >= 0.3 is 0 Å². The Bertz CT molecular complexity index is 107. The van der Waals surface area contributed by atoms with Crippen LogP contribution >= 0.6 is 9.39 Å². The molecule has 0 saturated carbocycles. The van der Waals surface area contributed by atoms with Crippen molar-refractivity contribution in [2.45, 2.75) is 25.3 Å². The van der Waals surface area contributed by atoms with Gasteiger partial charge in [0.2, 0.25) is 0 Å². The van der Waals surface area contributed by atoms with Gasteiger partial charge in [-0.1, -0.05) is 15.8 Å². The van der Waals surface area contributed by atoms with Gasteiger partial charge in [-0.2, -0.15) is 0 Å². The molecule has 1 fully saturated rings. The molecule has 2 nitrogen and oxygen atoms in total. The van der Waals surface area contributed by atoms with Gasteiger partial charge in [-0.15, -0.1) is 0 Å². The Morgan fingerprint density at radius 3 is 2.78 bits per heavy atom. The zero-order valence-electron chi connectivity index (χ0n) is 5.42. The molecule has 52 valence electrons. The largest absolute Gasteiger partial charge is 0.302 e. The highest BCUT2D eigenvalue weighted by molar-refractivity contribution is 7.13. The SMILES string of the molecule is O=CC1CCCCN1P. The first-order chi connectivity index (χ1) is 4.34. The third-order valence-electron chi connectivity index (χ3n) is 1.75. The summed E-state index contributed by atoms with van der Waals surface area (Å²) in [5, 5.41) is 0. The van der Waals surface area contributed by atoms with Crippen molar-refractivity contribution in [3.8, 4) is 0 Å². The summed E-state index contributed by atoms with van der Waals surface area (Å²) in [5.74, 6) is 0. The molecule has 0 N–H and O–H groups in total. The molecular weight excluding hydrogens is 133 g/mol. The van der Waals surface area contributed by atoms with E-state index in [2.05, 4.69) is 9.39 Å². The first-order valence-corrected chi connectivity index (χ1v) is 3.83. The van der Waals surface area contributed by atoms with Crippen LogP contribution in [-0.4, -0.2) is 23.5 Å².